The van der Waals surface area contributed by atoms with E-state index in [4.69, 9.17) is 9.47 Å². The Kier molecular flexibility index (Phi) is 6.64. The first kappa shape index (κ1) is 16.6. The number of nitrogens with one attached hydrogen (secondary N) is 1. The van der Waals surface area contributed by atoms with E-state index in [1.54, 1.807) is 31.4 Å². The van der Waals surface area contributed by atoms with E-state index in [0.717, 1.165) is 11.5 Å². The third kappa shape index (κ3) is 7.23. The maximum Gasteiger partial charge on any atom is 0.401 e. The van der Waals surface area contributed by atoms with Gasteiger partial charge in [-0.3, -0.25) is 0 Å². The summed E-state index contributed by atoms with van der Waals surface area (Å²) in [6.45, 7) is 1.74. The van der Waals surface area contributed by atoms with Crippen molar-refractivity contribution in [1.29, 1.82) is 0 Å². The summed E-state index contributed by atoms with van der Waals surface area (Å²) in [6, 6.07) is 7.18. The van der Waals surface area contributed by atoms with E-state index in [9.17, 15) is 13.2 Å². The van der Waals surface area contributed by atoms with Gasteiger partial charge in [0.1, 0.15) is 11.5 Å². The van der Waals surface area contributed by atoms with Crippen LogP contribution in [-0.4, -0.2) is 33.0 Å². The Morgan fingerprint density at radius 2 is 1.75 bits per heavy atom. The Hall–Kier alpha value is -1.43. The molecule has 0 bridgehead atoms. The minimum atomic E-state index is -4.15. The Labute approximate surface area is 117 Å². The lowest BCUT2D eigenvalue weighted by atomic mass is 10.1. The van der Waals surface area contributed by atoms with Gasteiger partial charge in [0.05, 0.1) is 20.3 Å². The van der Waals surface area contributed by atoms with E-state index in [1.807, 2.05) is 6.92 Å². The van der Waals surface area contributed by atoms with Gasteiger partial charge in [-0.2, -0.15) is 13.2 Å². The largest absolute Gasteiger partial charge is 0.497 e. The molecular formula is C14H20F3NO2. The smallest absolute Gasteiger partial charge is 0.401 e. The molecule has 0 aliphatic rings. The number of rotatable bonds is 8. The van der Waals surface area contributed by atoms with Crippen LogP contribution in [0, 0.1) is 5.92 Å². The van der Waals surface area contributed by atoms with Gasteiger partial charge in [-0.1, -0.05) is 6.92 Å². The molecule has 1 unspecified atom stereocenters. The maximum absolute atomic E-state index is 11.9. The van der Waals surface area contributed by atoms with Gasteiger partial charge in [0.2, 0.25) is 0 Å². The van der Waals surface area contributed by atoms with Crippen LogP contribution in [0.15, 0.2) is 24.3 Å². The first-order valence-corrected chi connectivity index (χ1v) is 6.45. The van der Waals surface area contributed by atoms with Crippen molar-refractivity contribution in [3.05, 3.63) is 24.3 Å². The molecule has 0 spiro atoms. The quantitative estimate of drug-likeness (QED) is 0.797. The number of benzene rings is 1. The molecule has 0 saturated heterocycles. The summed E-state index contributed by atoms with van der Waals surface area (Å²) in [7, 11) is 1.59. The van der Waals surface area contributed by atoms with Gasteiger partial charge >= 0.3 is 6.18 Å². The van der Waals surface area contributed by atoms with Crippen LogP contribution in [0.1, 0.15) is 13.3 Å². The van der Waals surface area contributed by atoms with E-state index in [-0.39, 0.29) is 5.92 Å². The molecule has 1 N–H and O–H groups in total. The molecule has 20 heavy (non-hydrogen) atoms. The molecule has 6 heteroatoms. The minimum Gasteiger partial charge on any atom is -0.497 e. The molecule has 0 amide bonds. The Morgan fingerprint density at radius 1 is 1.15 bits per heavy atom. The lowest BCUT2D eigenvalue weighted by Gasteiger charge is -2.14. The monoisotopic (exact) mass is 291 g/mol. The maximum atomic E-state index is 11.9. The van der Waals surface area contributed by atoms with E-state index in [0.29, 0.717) is 19.6 Å². The second-order valence-corrected chi connectivity index (χ2v) is 4.66. The molecule has 114 valence electrons. The van der Waals surface area contributed by atoms with Crippen molar-refractivity contribution >= 4 is 0 Å². The van der Waals surface area contributed by atoms with Gasteiger partial charge in [-0.15, -0.1) is 0 Å². The fourth-order valence-corrected chi connectivity index (χ4v) is 1.61. The number of methoxy groups -OCH3 is 1. The van der Waals surface area contributed by atoms with Gasteiger partial charge in [0.25, 0.3) is 0 Å². The highest BCUT2D eigenvalue weighted by Gasteiger charge is 2.26. The molecule has 1 aromatic carbocycles. The molecular weight excluding hydrogens is 271 g/mol. The second-order valence-electron chi connectivity index (χ2n) is 4.66. The molecule has 0 fully saturated rings. The van der Waals surface area contributed by atoms with Crippen LogP contribution in [0.2, 0.25) is 0 Å². The highest BCUT2D eigenvalue weighted by molar-refractivity contribution is 5.31. The SMILES string of the molecule is COc1ccc(OCCC(C)CNCC(F)(F)F)cc1. The zero-order valence-electron chi connectivity index (χ0n) is 11.7. The van der Waals surface area contributed by atoms with Gasteiger partial charge in [-0.05, 0) is 43.1 Å². The van der Waals surface area contributed by atoms with Crippen LogP contribution in [-0.2, 0) is 0 Å². The summed E-state index contributed by atoms with van der Waals surface area (Å²) >= 11 is 0. The highest BCUT2D eigenvalue weighted by Crippen LogP contribution is 2.17. The highest BCUT2D eigenvalue weighted by atomic mass is 19.4. The van der Waals surface area contributed by atoms with Crippen LogP contribution in [0.25, 0.3) is 0 Å². The Bertz CT molecular complexity index is 379. The zero-order chi connectivity index (χ0) is 15.0. The molecule has 0 radical (unpaired) electrons. The summed E-state index contributed by atoms with van der Waals surface area (Å²) in [5.41, 5.74) is 0. The van der Waals surface area contributed by atoms with Crippen LogP contribution >= 0.6 is 0 Å². The van der Waals surface area contributed by atoms with Crippen molar-refractivity contribution in [3.8, 4) is 11.5 Å². The van der Waals surface area contributed by atoms with Crippen molar-refractivity contribution in [1.82, 2.24) is 5.32 Å². The van der Waals surface area contributed by atoms with E-state index in [2.05, 4.69) is 5.32 Å². The molecule has 0 heterocycles. The van der Waals surface area contributed by atoms with Crippen molar-refractivity contribution in [2.24, 2.45) is 5.92 Å². The normalized spacial score (nSPS) is 13.1. The summed E-state index contributed by atoms with van der Waals surface area (Å²) in [6.07, 6.45) is -3.46. The van der Waals surface area contributed by atoms with Gasteiger partial charge in [0, 0.05) is 0 Å². The number of hydrogen-bond donors (Lipinski definition) is 1. The summed E-state index contributed by atoms with van der Waals surface area (Å²) in [5, 5.41) is 2.39. The van der Waals surface area contributed by atoms with Crippen LogP contribution < -0.4 is 14.8 Å². The lowest BCUT2D eigenvalue weighted by Crippen LogP contribution is -2.32. The number of hydrogen-bond acceptors (Lipinski definition) is 3. The zero-order valence-corrected chi connectivity index (χ0v) is 11.7. The molecule has 1 atom stereocenters. The first-order chi connectivity index (χ1) is 9.40. The van der Waals surface area contributed by atoms with Gasteiger partial charge in [-0.25, -0.2) is 0 Å². The molecule has 0 aliphatic heterocycles. The fourth-order valence-electron chi connectivity index (χ4n) is 1.61. The van der Waals surface area contributed by atoms with Crippen molar-refractivity contribution in [2.45, 2.75) is 19.5 Å². The topological polar surface area (TPSA) is 30.5 Å². The number of ether oxygens (including phenoxy) is 2. The number of halogens is 3. The van der Waals surface area contributed by atoms with E-state index < -0.39 is 12.7 Å². The third-order valence-corrected chi connectivity index (χ3v) is 2.76. The van der Waals surface area contributed by atoms with Gasteiger partial charge in [0.15, 0.2) is 0 Å². The first-order valence-electron chi connectivity index (χ1n) is 6.45. The third-order valence-electron chi connectivity index (χ3n) is 2.76. The standard InChI is InChI=1S/C14H20F3NO2/c1-11(9-18-10-14(15,16)17)7-8-20-13-5-3-12(19-2)4-6-13/h3-6,11,18H,7-10H2,1-2H3. The number of alkyl halides is 3. The molecule has 1 aromatic rings. The van der Waals surface area contributed by atoms with E-state index >= 15 is 0 Å². The summed E-state index contributed by atoms with van der Waals surface area (Å²) < 4.78 is 46.4. The second kappa shape index (κ2) is 7.99. The summed E-state index contributed by atoms with van der Waals surface area (Å²) in [4.78, 5) is 0. The summed E-state index contributed by atoms with van der Waals surface area (Å²) in [5.74, 6) is 1.60. The predicted octanol–water partition coefficient (Wildman–Crippen LogP) is 3.25. The van der Waals surface area contributed by atoms with Crippen LogP contribution in [0.3, 0.4) is 0 Å². The minimum absolute atomic E-state index is 0.121. The average Bonchev–Trinajstić information content (AvgIpc) is 2.38. The van der Waals surface area contributed by atoms with Crippen LogP contribution in [0.4, 0.5) is 13.2 Å². The molecule has 3 nitrogen and oxygen atoms in total. The van der Waals surface area contributed by atoms with Crippen molar-refractivity contribution < 1.29 is 22.6 Å². The van der Waals surface area contributed by atoms with E-state index in [1.165, 1.54) is 0 Å². The Balaban J connectivity index is 2.16. The van der Waals surface area contributed by atoms with Crippen LogP contribution in [0.5, 0.6) is 11.5 Å². The molecule has 0 saturated carbocycles. The fraction of sp³-hybridized carbons (Fsp3) is 0.571. The van der Waals surface area contributed by atoms with Crippen molar-refractivity contribution in [3.63, 3.8) is 0 Å². The predicted molar refractivity (Wildman–Crippen MR) is 71.2 cm³/mol. The Morgan fingerprint density at radius 3 is 2.30 bits per heavy atom. The van der Waals surface area contributed by atoms with Gasteiger partial charge < -0.3 is 14.8 Å². The molecule has 1 rings (SSSR count). The average molecular weight is 291 g/mol. The molecule has 0 aromatic heterocycles. The molecule has 0 aliphatic carbocycles. The lowest BCUT2D eigenvalue weighted by molar-refractivity contribution is -0.125. The van der Waals surface area contributed by atoms with Crippen molar-refractivity contribution in [2.75, 3.05) is 26.8 Å².